The van der Waals surface area contributed by atoms with E-state index in [0.29, 0.717) is 5.92 Å². The third-order valence-electron chi connectivity index (χ3n) is 2.23. The van der Waals surface area contributed by atoms with E-state index in [1.165, 1.54) is 0 Å². The van der Waals surface area contributed by atoms with Gasteiger partial charge in [0.15, 0.2) is 0 Å². The van der Waals surface area contributed by atoms with Crippen LogP contribution in [0.25, 0.3) is 10.3 Å². The molecule has 0 radical (unpaired) electrons. The molecule has 3 nitrogen and oxygen atoms in total. The zero-order valence-corrected chi connectivity index (χ0v) is 9.79. The summed E-state index contributed by atoms with van der Waals surface area (Å²) in [6.45, 7) is 4.34. The molecule has 0 aliphatic rings. The second-order valence-corrected chi connectivity index (χ2v) is 5.12. The van der Waals surface area contributed by atoms with Crippen molar-refractivity contribution < 1.29 is 0 Å². The van der Waals surface area contributed by atoms with Gasteiger partial charge in [0.1, 0.15) is 15.4 Å². The van der Waals surface area contributed by atoms with Gasteiger partial charge in [0.25, 0.3) is 0 Å². The van der Waals surface area contributed by atoms with Gasteiger partial charge in [0.2, 0.25) is 0 Å². The lowest BCUT2D eigenvalue weighted by molar-refractivity contribution is 0.509. The molecule has 2 aromatic heterocycles. The van der Waals surface area contributed by atoms with Crippen molar-refractivity contribution in [1.82, 2.24) is 9.97 Å². The maximum atomic E-state index is 6.08. The lowest BCUT2D eigenvalue weighted by Gasteiger charge is -2.10. The highest BCUT2D eigenvalue weighted by Gasteiger charge is 2.13. The minimum Gasteiger partial charge on any atom is -0.322 e. The van der Waals surface area contributed by atoms with Crippen molar-refractivity contribution >= 4 is 21.7 Å². The van der Waals surface area contributed by atoms with Crippen LogP contribution in [0.3, 0.4) is 0 Å². The number of hydrogen-bond donors (Lipinski definition) is 1. The molecular formula is C11H15N3S. The summed E-state index contributed by atoms with van der Waals surface area (Å²) in [6.07, 6.45) is 2.76. The Bertz CT molecular complexity index is 417. The average Bonchev–Trinajstić information content (AvgIpc) is 2.59. The van der Waals surface area contributed by atoms with E-state index in [-0.39, 0.29) is 6.04 Å². The number of hydrogen-bond acceptors (Lipinski definition) is 4. The molecule has 1 unspecified atom stereocenters. The molecule has 0 bridgehead atoms. The van der Waals surface area contributed by atoms with Crippen LogP contribution in [0.15, 0.2) is 18.3 Å². The van der Waals surface area contributed by atoms with Gasteiger partial charge in [-0.3, -0.25) is 0 Å². The summed E-state index contributed by atoms with van der Waals surface area (Å²) in [5.74, 6) is 0.597. The first-order chi connectivity index (χ1) is 7.16. The highest BCUT2D eigenvalue weighted by molar-refractivity contribution is 7.18. The first kappa shape index (κ1) is 10.5. The first-order valence-corrected chi connectivity index (χ1v) is 5.95. The summed E-state index contributed by atoms with van der Waals surface area (Å²) in [7, 11) is 0. The molecule has 15 heavy (non-hydrogen) atoms. The number of nitrogens with zero attached hydrogens (tertiary/aromatic N) is 2. The SMILES string of the molecule is CC(C)CC(N)c1nc2cccnc2s1. The van der Waals surface area contributed by atoms with Crippen LogP contribution in [0.2, 0.25) is 0 Å². The average molecular weight is 221 g/mol. The zero-order chi connectivity index (χ0) is 10.8. The maximum absolute atomic E-state index is 6.08. The number of aromatic nitrogens is 2. The van der Waals surface area contributed by atoms with Gasteiger partial charge < -0.3 is 5.73 Å². The molecule has 1 atom stereocenters. The molecule has 80 valence electrons. The Balaban J connectivity index is 2.28. The molecule has 2 N–H and O–H groups in total. The lowest BCUT2D eigenvalue weighted by Crippen LogP contribution is -2.12. The fourth-order valence-corrected chi connectivity index (χ4v) is 2.48. The van der Waals surface area contributed by atoms with Crippen LogP contribution in [-0.2, 0) is 0 Å². The van der Waals surface area contributed by atoms with Crippen LogP contribution in [-0.4, -0.2) is 9.97 Å². The quantitative estimate of drug-likeness (QED) is 0.867. The van der Waals surface area contributed by atoms with Crippen molar-refractivity contribution in [2.45, 2.75) is 26.3 Å². The first-order valence-electron chi connectivity index (χ1n) is 5.14. The van der Waals surface area contributed by atoms with E-state index in [1.807, 2.05) is 12.1 Å². The highest BCUT2D eigenvalue weighted by Crippen LogP contribution is 2.26. The normalized spacial score (nSPS) is 13.6. The Hall–Kier alpha value is -1.00. The van der Waals surface area contributed by atoms with E-state index in [4.69, 9.17) is 5.73 Å². The predicted octanol–water partition coefficient (Wildman–Crippen LogP) is 2.74. The Labute approximate surface area is 93.4 Å². The Morgan fingerprint density at radius 1 is 1.47 bits per heavy atom. The lowest BCUT2D eigenvalue weighted by atomic mass is 10.1. The molecule has 0 spiro atoms. The van der Waals surface area contributed by atoms with E-state index >= 15 is 0 Å². The molecule has 0 aliphatic carbocycles. The van der Waals surface area contributed by atoms with E-state index < -0.39 is 0 Å². The van der Waals surface area contributed by atoms with Crippen molar-refractivity contribution in [1.29, 1.82) is 0 Å². The van der Waals surface area contributed by atoms with Gasteiger partial charge in [0.05, 0.1) is 6.04 Å². The van der Waals surface area contributed by atoms with Gasteiger partial charge >= 0.3 is 0 Å². The van der Waals surface area contributed by atoms with Crippen LogP contribution < -0.4 is 5.73 Å². The molecule has 0 amide bonds. The molecule has 0 saturated carbocycles. The highest BCUT2D eigenvalue weighted by atomic mass is 32.1. The number of thiazole rings is 1. The molecule has 2 aromatic rings. The largest absolute Gasteiger partial charge is 0.322 e. The summed E-state index contributed by atoms with van der Waals surface area (Å²) in [5, 5.41) is 0.998. The summed E-state index contributed by atoms with van der Waals surface area (Å²) in [5.41, 5.74) is 7.04. The van der Waals surface area contributed by atoms with Gasteiger partial charge in [-0.15, -0.1) is 0 Å². The molecule has 2 heterocycles. The van der Waals surface area contributed by atoms with Crippen molar-refractivity contribution in [2.24, 2.45) is 11.7 Å². The third kappa shape index (κ3) is 2.33. The van der Waals surface area contributed by atoms with Crippen LogP contribution >= 0.6 is 11.3 Å². The topological polar surface area (TPSA) is 51.8 Å². The predicted molar refractivity (Wildman–Crippen MR) is 63.8 cm³/mol. The summed E-state index contributed by atoms with van der Waals surface area (Å²) < 4.78 is 0. The molecule has 0 aromatic carbocycles. The molecular weight excluding hydrogens is 206 g/mol. The van der Waals surface area contributed by atoms with E-state index in [2.05, 4.69) is 23.8 Å². The second-order valence-electron chi connectivity index (χ2n) is 4.12. The number of rotatable bonds is 3. The van der Waals surface area contributed by atoms with Gasteiger partial charge in [-0.2, -0.15) is 0 Å². The van der Waals surface area contributed by atoms with Gasteiger partial charge in [-0.05, 0) is 24.5 Å². The Morgan fingerprint density at radius 2 is 2.27 bits per heavy atom. The Morgan fingerprint density at radius 3 is 2.93 bits per heavy atom. The molecule has 0 saturated heterocycles. The van der Waals surface area contributed by atoms with Crippen molar-refractivity contribution in [2.75, 3.05) is 0 Å². The molecule has 4 heteroatoms. The zero-order valence-electron chi connectivity index (χ0n) is 8.97. The molecule has 0 aliphatic heterocycles. The fraction of sp³-hybridized carbons (Fsp3) is 0.455. The van der Waals surface area contributed by atoms with Crippen LogP contribution in [0, 0.1) is 5.92 Å². The second kappa shape index (κ2) is 4.24. The van der Waals surface area contributed by atoms with Crippen LogP contribution in [0.4, 0.5) is 0 Å². The van der Waals surface area contributed by atoms with E-state index in [1.54, 1.807) is 17.5 Å². The van der Waals surface area contributed by atoms with Crippen molar-refractivity contribution in [3.8, 4) is 0 Å². The number of fused-ring (bicyclic) bond motifs is 1. The maximum Gasteiger partial charge on any atom is 0.143 e. The van der Waals surface area contributed by atoms with Crippen molar-refractivity contribution in [3.05, 3.63) is 23.3 Å². The minimum absolute atomic E-state index is 0.0456. The van der Waals surface area contributed by atoms with Gasteiger partial charge in [-0.25, -0.2) is 9.97 Å². The van der Waals surface area contributed by atoms with E-state index in [9.17, 15) is 0 Å². The van der Waals surface area contributed by atoms with E-state index in [0.717, 1.165) is 21.8 Å². The third-order valence-corrected chi connectivity index (χ3v) is 3.34. The van der Waals surface area contributed by atoms with Gasteiger partial charge in [0, 0.05) is 6.20 Å². The number of pyridine rings is 1. The standard InChI is InChI=1S/C11H15N3S/c1-7(2)6-8(12)10-14-9-4-3-5-13-11(9)15-10/h3-5,7-8H,6,12H2,1-2H3. The molecule has 2 rings (SSSR count). The summed E-state index contributed by atoms with van der Waals surface area (Å²) in [4.78, 5) is 9.74. The molecule has 0 fully saturated rings. The minimum atomic E-state index is 0.0456. The number of nitrogens with two attached hydrogens (primary N) is 1. The summed E-state index contributed by atoms with van der Waals surface area (Å²) in [6, 6.07) is 3.92. The summed E-state index contributed by atoms with van der Waals surface area (Å²) >= 11 is 1.60. The smallest absolute Gasteiger partial charge is 0.143 e. The van der Waals surface area contributed by atoms with Crippen molar-refractivity contribution in [3.63, 3.8) is 0 Å². The fourth-order valence-electron chi connectivity index (χ4n) is 1.55. The van der Waals surface area contributed by atoms with Crippen LogP contribution in [0.1, 0.15) is 31.3 Å². The van der Waals surface area contributed by atoms with Gasteiger partial charge in [-0.1, -0.05) is 25.2 Å². The van der Waals surface area contributed by atoms with Crippen LogP contribution in [0.5, 0.6) is 0 Å². The monoisotopic (exact) mass is 221 g/mol. The Kier molecular flexibility index (Phi) is 2.98.